The highest BCUT2D eigenvalue weighted by Gasteiger charge is 2.19. The largest absolute Gasteiger partial charge is 0.383 e. The molecule has 1 saturated heterocycles. The summed E-state index contributed by atoms with van der Waals surface area (Å²) in [6, 6.07) is 0. The molecule has 0 radical (unpaired) electrons. The third-order valence-corrected chi connectivity index (χ3v) is 4.76. The molecule has 1 aliphatic heterocycles. The van der Waals surface area contributed by atoms with Gasteiger partial charge in [0.15, 0.2) is 5.96 Å². The van der Waals surface area contributed by atoms with Crippen molar-refractivity contribution in [3.8, 4) is 0 Å². The van der Waals surface area contributed by atoms with Crippen molar-refractivity contribution < 1.29 is 4.74 Å². The first kappa shape index (κ1) is 17.8. The van der Waals surface area contributed by atoms with Crippen LogP contribution in [0, 0.1) is 19.8 Å². The number of rotatable bonds is 5. The summed E-state index contributed by atoms with van der Waals surface area (Å²) >= 11 is 0. The Morgan fingerprint density at radius 2 is 2.04 bits per heavy atom. The molecule has 1 aliphatic rings. The number of aryl methyl sites for hydroxylation is 1. The Balaban J connectivity index is 1.97. The summed E-state index contributed by atoms with van der Waals surface area (Å²) in [4.78, 5) is 6.81. The van der Waals surface area contributed by atoms with Gasteiger partial charge in [0.05, 0.1) is 18.8 Å². The number of guanidine groups is 1. The molecule has 23 heavy (non-hydrogen) atoms. The lowest BCUT2D eigenvalue weighted by atomic mass is 9.99. The molecule has 0 bridgehead atoms. The monoisotopic (exact) mass is 321 g/mol. The minimum Gasteiger partial charge on any atom is -0.383 e. The fraction of sp³-hybridized carbons (Fsp3) is 0.765. The van der Waals surface area contributed by atoms with E-state index >= 15 is 0 Å². The van der Waals surface area contributed by atoms with E-state index in [9.17, 15) is 0 Å². The molecule has 130 valence electrons. The highest BCUT2D eigenvalue weighted by Crippen LogP contribution is 2.17. The fourth-order valence-electron chi connectivity index (χ4n) is 3.11. The third kappa shape index (κ3) is 4.47. The molecule has 0 atom stereocenters. The van der Waals surface area contributed by atoms with E-state index in [0.717, 1.165) is 43.8 Å². The summed E-state index contributed by atoms with van der Waals surface area (Å²) in [5.41, 5.74) is 3.54. The van der Waals surface area contributed by atoms with Crippen LogP contribution >= 0.6 is 0 Å². The summed E-state index contributed by atoms with van der Waals surface area (Å²) in [5.74, 6) is 1.83. The van der Waals surface area contributed by atoms with Crippen molar-refractivity contribution in [2.75, 3.05) is 33.9 Å². The van der Waals surface area contributed by atoms with Crippen molar-refractivity contribution in [1.29, 1.82) is 0 Å². The van der Waals surface area contributed by atoms with Crippen molar-refractivity contribution in [3.63, 3.8) is 0 Å². The Bertz CT molecular complexity index is 529. The smallest absolute Gasteiger partial charge is 0.193 e. The molecule has 6 heteroatoms. The highest BCUT2D eigenvalue weighted by atomic mass is 16.5. The van der Waals surface area contributed by atoms with E-state index < -0.39 is 0 Å². The number of aliphatic imine (C=N–C) groups is 1. The molecule has 6 nitrogen and oxygen atoms in total. The molecule has 0 unspecified atom stereocenters. The van der Waals surface area contributed by atoms with E-state index in [2.05, 4.69) is 41.1 Å². The van der Waals surface area contributed by atoms with Gasteiger partial charge in [-0.25, -0.2) is 0 Å². The van der Waals surface area contributed by atoms with Crippen molar-refractivity contribution in [3.05, 3.63) is 17.0 Å². The molecule has 1 aromatic rings. The molecule has 0 saturated carbocycles. The average molecular weight is 321 g/mol. The Morgan fingerprint density at radius 3 is 2.65 bits per heavy atom. The Labute approximate surface area is 139 Å². The number of ether oxygens (including phenoxy) is 1. The maximum absolute atomic E-state index is 5.15. The average Bonchev–Trinajstić information content (AvgIpc) is 2.82. The van der Waals surface area contributed by atoms with Crippen LogP contribution in [0.25, 0.3) is 0 Å². The first-order valence-corrected chi connectivity index (χ1v) is 8.54. The van der Waals surface area contributed by atoms with Crippen LogP contribution in [0.3, 0.4) is 0 Å². The maximum Gasteiger partial charge on any atom is 0.193 e. The Kier molecular flexibility index (Phi) is 6.45. The van der Waals surface area contributed by atoms with Crippen LogP contribution in [-0.2, 0) is 17.8 Å². The lowest BCUT2D eigenvalue weighted by molar-refractivity contribution is 0.182. The first-order valence-electron chi connectivity index (χ1n) is 8.54. The van der Waals surface area contributed by atoms with E-state index in [4.69, 9.17) is 4.74 Å². The molecule has 1 aromatic heterocycles. The summed E-state index contributed by atoms with van der Waals surface area (Å²) in [7, 11) is 3.58. The van der Waals surface area contributed by atoms with Crippen LogP contribution in [0.15, 0.2) is 4.99 Å². The van der Waals surface area contributed by atoms with Gasteiger partial charge in [0, 0.05) is 45.0 Å². The first-order chi connectivity index (χ1) is 11.1. The van der Waals surface area contributed by atoms with Gasteiger partial charge in [-0.15, -0.1) is 0 Å². The zero-order valence-corrected chi connectivity index (χ0v) is 15.2. The zero-order valence-electron chi connectivity index (χ0n) is 15.2. The van der Waals surface area contributed by atoms with Gasteiger partial charge in [-0.3, -0.25) is 9.67 Å². The predicted molar refractivity (Wildman–Crippen MR) is 93.7 cm³/mol. The van der Waals surface area contributed by atoms with Gasteiger partial charge in [0.25, 0.3) is 0 Å². The lowest BCUT2D eigenvalue weighted by Crippen LogP contribution is -2.45. The van der Waals surface area contributed by atoms with Crippen molar-refractivity contribution in [2.45, 2.75) is 46.7 Å². The zero-order chi connectivity index (χ0) is 16.8. The summed E-state index contributed by atoms with van der Waals surface area (Å²) < 4.78 is 7.18. The number of nitrogens with zero attached hydrogens (tertiary/aromatic N) is 4. The molecule has 1 fully saturated rings. The van der Waals surface area contributed by atoms with E-state index in [-0.39, 0.29) is 0 Å². The van der Waals surface area contributed by atoms with Gasteiger partial charge in [-0.05, 0) is 32.6 Å². The van der Waals surface area contributed by atoms with Crippen LogP contribution in [-0.4, -0.2) is 54.5 Å². The number of likely N-dealkylation sites (tertiary alicyclic amines) is 1. The molecule has 2 heterocycles. The molecule has 0 spiro atoms. The number of aromatic nitrogens is 2. The van der Waals surface area contributed by atoms with Gasteiger partial charge >= 0.3 is 0 Å². The summed E-state index contributed by atoms with van der Waals surface area (Å²) in [6.07, 6.45) is 2.49. The van der Waals surface area contributed by atoms with Gasteiger partial charge in [-0.1, -0.05) is 6.92 Å². The van der Waals surface area contributed by atoms with Crippen LogP contribution in [0.2, 0.25) is 0 Å². The fourth-order valence-corrected chi connectivity index (χ4v) is 3.11. The van der Waals surface area contributed by atoms with E-state index in [0.29, 0.717) is 6.61 Å². The summed E-state index contributed by atoms with van der Waals surface area (Å²) in [6.45, 7) is 10.9. The maximum atomic E-state index is 5.15. The highest BCUT2D eigenvalue weighted by molar-refractivity contribution is 5.80. The second-order valence-electron chi connectivity index (χ2n) is 6.44. The van der Waals surface area contributed by atoms with Gasteiger partial charge in [-0.2, -0.15) is 5.10 Å². The minimum absolute atomic E-state index is 0.683. The Hall–Kier alpha value is -1.56. The molecule has 0 aromatic carbocycles. The van der Waals surface area contributed by atoms with Crippen LogP contribution < -0.4 is 5.32 Å². The number of nitrogens with one attached hydrogen (secondary N) is 1. The van der Waals surface area contributed by atoms with Crippen molar-refractivity contribution in [2.24, 2.45) is 10.9 Å². The molecule has 1 N–H and O–H groups in total. The van der Waals surface area contributed by atoms with Gasteiger partial charge in [0.2, 0.25) is 0 Å². The number of hydrogen-bond donors (Lipinski definition) is 1. The molecule has 2 rings (SSSR count). The predicted octanol–water partition coefficient (Wildman–Crippen LogP) is 1.95. The van der Waals surface area contributed by atoms with Crippen molar-refractivity contribution in [1.82, 2.24) is 20.0 Å². The number of hydrogen-bond acceptors (Lipinski definition) is 3. The molecule has 0 amide bonds. The van der Waals surface area contributed by atoms with Crippen LogP contribution in [0.1, 0.15) is 36.7 Å². The van der Waals surface area contributed by atoms with Gasteiger partial charge < -0.3 is 15.0 Å². The Morgan fingerprint density at radius 1 is 1.35 bits per heavy atom. The topological polar surface area (TPSA) is 54.7 Å². The van der Waals surface area contributed by atoms with Crippen molar-refractivity contribution >= 4 is 5.96 Å². The molecule has 0 aliphatic carbocycles. The van der Waals surface area contributed by atoms with Crippen LogP contribution in [0.4, 0.5) is 0 Å². The SMILES string of the molecule is CN=C(NCc1c(C)nn(CCOC)c1C)N1CCC(C)CC1. The van der Waals surface area contributed by atoms with Crippen LogP contribution in [0.5, 0.6) is 0 Å². The molecular weight excluding hydrogens is 290 g/mol. The van der Waals surface area contributed by atoms with E-state index in [1.165, 1.54) is 24.1 Å². The third-order valence-electron chi connectivity index (χ3n) is 4.76. The number of piperidine rings is 1. The minimum atomic E-state index is 0.683. The van der Waals surface area contributed by atoms with Gasteiger partial charge in [0.1, 0.15) is 0 Å². The normalized spacial score (nSPS) is 16.9. The second-order valence-corrected chi connectivity index (χ2v) is 6.44. The standard InChI is InChI=1S/C17H31N5O/c1-13-6-8-21(9-7-13)17(18-4)19-12-16-14(2)20-22(15(16)3)10-11-23-5/h13H,6-12H2,1-5H3,(H,18,19). The second kappa shape index (κ2) is 8.34. The number of methoxy groups -OCH3 is 1. The quantitative estimate of drug-likeness (QED) is 0.665. The lowest BCUT2D eigenvalue weighted by Gasteiger charge is -2.32. The molecular formula is C17H31N5O. The van der Waals surface area contributed by atoms with E-state index in [1.54, 1.807) is 7.11 Å². The summed E-state index contributed by atoms with van der Waals surface area (Å²) in [5, 5.41) is 8.13. The van der Waals surface area contributed by atoms with E-state index in [1.807, 2.05) is 11.7 Å².